The second-order valence-electron chi connectivity index (χ2n) is 3.52. The molecule has 0 aliphatic heterocycles. The molecule has 0 heteroatoms. The predicted octanol–water partition coefficient (Wildman–Crippen LogP) is 4.17. The van der Waals surface area contributed by atoms with Crippen molar-refractivity contribution < 1.29 is 0 Å². The van der Waals surface area contributed by atoms with Crippen molar-refractivity contribution in [1.82, 2.24) is 0 Å². The zero-order chi connectivity index (χ0) is 8.85. The smallest absolute Gasteiger partial charge is 0.0234 e. The SMILES string of the molecule is CCC/C(C)=C(/C)C(C)CC. The van der Waals surface area contributed by atoms with Gasteiger partial charge in [0.15, 0.2) is 0 Å². The minimum Gasteiger partial charge on any atom is -0.0741 e. The lowest BCUT2D eigenvalue weighted by molar-refractivity contribution is 0.641. The van der Waals surface area contributed by atoms with E-state index < -0.39 is 0 Å². The first-order valence-electron chi connectivity index (χ1n) is 4.79. The monoisotopic (exact) mass is 154 g/mol. The maximum Gasteiger partial charge on any atom is -0.0234 e. The molecule has 0 aromatic carbocycles. The second-order valence-corrected chi connectivity index (χ2v) is 3.52. The van der Waals surface area contributed by atoms with Crippen LogP contribution in [0.1, 0.15) is 53.9 Å². The van der Waals surface area contributed by atoms with Crippen molar-refractivity contribution in [3.63, 3.8) is 0 Å². The van der Waals surface area contributed by atoms with Crippen LogP contribution in [0.3, 0.4) is 0 Å². The van der Waals surface area contributed by atoms with E-state index in [1.165, 1.54) is 19.3 Å². The average Bonchev–Trinajstić information content (AvgIpc) is 2.02. The van der Waals surface area contributed by atoms with Crippen molar-refractivity contribution in [3.8, 4) is 0 Å². The van der Waals surface area contributed by atoms with Crippen LogP contribution in [-0.2, 0) is 0 Å². The van der Waals surface area contributed by atoms with Crippen LogP contribution in [-0.4, -0.2) is 0 Å². The van der Waals surface area contributed by atoms with Crippen molar-refractivity contribution in [2.45, 2.75) is 53.9 Å². The summed E-state index contributed by atoms with van der Waals surface area (Å²) in [5.41, 5.74) is 3.20. The average molecular weight is 154 g/mol. The summed E-state index contributed by atoms with van der Waals surface area (Å²) in [4.78, 5) is 0. The Morgan fingerprint density at radius 2 is 1.73 bits per heavy atom. The van der Waals surface area contributed by atoms with E-state index >= 15 is 0 Å². The van der Waals surface area contributed by atoms with Crippen molar-refractivity contribution in [2.75, 3.05) is 0 Å². The molecule has 0 aromatic rings. The van der Waals surface area contributed by atoms with Crippen molar-refractivity contribution in [2.24, 2.45) is 5.92 Å². The quantitative estimate of drug-likeness (QED) is 0.533. The van der Waals surface area contributed by atoms with Gasteiger partial charge in [0.1, 0.15) is 0 Å². The molecular formula is C11H22. The molecule has 0 aliphatic carbocycles. The van der Waals surface area contributed by atoms with Crippen LogP contribution in [0.5, 0.6) is 0 Å². The van der Waals surface area contributed by atoms with Gasteiger partial charge in [-0.3, -0.25) is 0 Å². The summed E-state index contributed by atoms with van der Waals surface area (Å²) < 4.78 is 0. The highest BCUT2D eigenvalue weighted by molar-refractivity contribution is 5.11. The van der Waals surface area contributed by atoms with E-state index in [2.05, 4.69) is 34.6 Å². The standard InChI is InChI=1S/C11H22/c1-6-8-10(4)11(5)9(3)7-2/h9H,6-8H2,1-5H3/b11-10-. The van der Waals surface area contributed by atoms with Gasteiger partial charge in [-0.25, -0.2) is 0 Å². The molecule has 0 aliphatic rings. The van der Waals surface area contributed by atoms with Crippen LogP contribution in [0, 0.1) is 5.92 Å². The van der Waals surface area contributed by atoms with Crippen LogP contribution < -0.4 is 0 Å². The van der Waals surface area contributed by atoms with Gasteiger partial charge in [-0.05, 0) is 32.6 Å². The van der Waals surface area contributed by atoms with Crippen LogP contribution in [0.15, 0.2) is 11.1 Å². The molecular weight excluding hydrogens is 132 g/mol. The molecule has 0 spiro atoms. The van der Waals surface area contributed by atoms with Gasteiger partial charge in [-0.2, -0.15) is 0 Å². The van der Waals surface area contributed by atoms with Crippen LogP contribution >= 0.6 is 0 Å². The summed E-state index contributed by atoms with van der Waals surface area (Å²) in [6.45, 7) is 11.4. The van der Waals surface area contributed by atoms with E-state index in [4.69, 9.17) is 0 Å². The van der Waals surface area contributed by atoms with Crippen molar-refractivity contribution in [1.29, 1.82) is 0 Å². The molecule has 0 bridgehead atoms. The van der Waals surface area contributed by atoms with Gasteiger partial charge < -0.3 is 0 Å². The lowest BCUT2D eigenvalue weighted by atomic mass is 9.94. The molecule has 1 atom stereocenters. The molecule has 66 valence electrons. The van der Waals surface area contributed by atoms with E-state index in [0.717, 1.165) is 5.92 Å². The van der Waals surface area contributed by atoms with E-state index in [9.17, 15) is 0 Å². The fourth-order valence-electron chi connectivity index (χ4n) is 1.30. The molecule has 0 saturated carbocycles. The summed E-state index contributed by atoms with van der Waals surface area (Å²) in [6.07, 6.45) is 3.82. The Bertz CT molecular complexity index is 131. The van der Waals surface area contributed by atoms with Crippen LogP contribution in [0.2, 0.25) is 0 Å². The fourth-order valence-corrected chi connectivity index (χ4v) is 1.30. The van der Waals surface area contributed by atoms with E-state index in [0.29, 0.717) is 0 Å². The molecule has 0 N–H and O–H groups in total. The van der Waals surface area contributed by atoms with Crippen LogP contribution in [0.25, 0.3) is 0 Å². The Morgan fingerprint density at radius 3 is 2.09 bits per heavy atom. The first kappa shape index (κ1) is 10.7. The molecule has 0 radical (unpaired) electrons. The highest BCUT2D eigenvalue weighted by atomic mass is 14.1. The Hall–Kier alpha value is -0.260. The second kappa shape index (κ2) is 5.40. The molecule has 11 heavy (non-hydrogen) atoms. The van der Waals surface area contributed by atoms with Crippen molar-refractivity contribution in [3.05, 3.63) is 11.1 Å². The maximum absolute atomic E-state index is 2.31. The van der Waals surface area contributed by atoms with E-state index in [-0.39, 0.29) is 0 Å². The normalized spacial score (nSPS) is 16.1. The summed E-state index contributed by atoms with van der Waals surface area (Å²) >= 11 is 0. The molecule has 0 rings (SSSR count). The van der Waals surface area contributed by atoms with Gasteiger partial charge in [0.2, 0.25) is 0 Å². The molecule has 0 aromatic heterocycles. The summed E-state index contributed by atoms with van der Waals surface area (Å²) in [5, 5.41) is 0. The van der Waals surface area contributed by atoms with Gasteiger partial charge in [0, 0.05) is 0 Å². The maximum atomic E-state index is 2.31. The molecule has 1 unspecified atom stereocenters. The minimum atomic E-state index is 0.779. The Balaban J connectivity index is 4.13. The minimum absolute atomic E-state index is 0.779. The third-order valence-electron chi connectivity index (χ3n) is 2.65. The Morgan fingerprint density at radius 1 is 1.18 bits per heavy atom. The van der Waals surface area contributed by atoms with Gasteiger partial charge in [0.25, 0.3) is 0 Å². The molecule has 0 saturated heterocycles. The third kappa shape index (κ3) is 3.60. The van der Waals surface area contributed by atoms with E-state index in [1.54, 1.807) is 11.1 Å². The topological polar surface area (TPSA) is 0 Å². The van der Waals surface area contributed by atoms with Gasteiger partial charge in [-0.15, -0.1) is 0 Å². The van der Waals surface area contributed by atoms with Gasteiger partial charge >= 0.3 is 0 Å². The largest absolute Gasteiger partial charge is 0.0741 e. The lowest BCUT2D eigenvalue weighted by Crippen LogP contribution is -1.96. The first-order chi connectivity index (χ1) is 5.13. The summed E-state index contributed by atoms with van der Waals surface area (Å²) in [6, 6.07) is 0. The number of hydrogen-bond acceptors (Lipinski definition) is 0. The summed E-state index contributed by atoms with van der Waals surface area (Å²) in [5.74, 6) is 0.779. The highest BCUT2D eigenvalue weighted by Crippen LogP contribution is 2.20. The van der Waals surface area contributed by atoms with Gasteiger partial charge in [0.05, 0.1) is 0 Å². The summed E-state index contributed by atoms with van der Waals surface area (Å²) in [7, 11) is 0. The van der Waals surface area contributed by atoms with Crippen molar-refractivity contribution >= 4 is 0 Å². The zero-order valence-corrected chi connectivity index (χ0v) is 8.70. The predicted molar refractivity (Wildman–Crippen MR) is 52.7 cm³/mol. The molecule has 0 nitrogen and oxygen atoms in total. The fraction of sp³-hybridized carbons (Fsp3) is 0.818. The third-order valence-corrected chi connectivity index (χ3v) is 2.65. The van der Waals surface area contributed by atoms with Crippen LogP contribution in [0.4, 0.5) is 0 Å². The first-order valence-corrected chi connectivity index (χ1v) is 4.79. The molecule has 0 fully saturated rings. The molecule has 0 amide bonds. The van der Waals surface area contributed by atoms with E-state index in [1.807, 2.05) is 0 Å². The molecule has 0 heterocycles. The number of allylic oxidation sites excluding steroid dienone is 2. The highest BCUT2D eigenvalue weighted by Gasteiger charge is 2.03. The Kier molecular flexibility index (Phi) is 5.27. The number of hydrogen-bond donors (Lipinski definition) is 0. The van der Waals surface area contributed by atoms with Gasteiger partial charge in [-0.1, -0.05) is 38.3 Å². The zero-order valence-electron chi connectivity index (χ0n) is 8.70. The Labute approximate surface area is 71.7 Å². The number of rotatable bonds is 4. The lowest BCUT2D eigenvalue weighted by Gasteiger charge is -2.12.